The van der Waals surface area contributed by atoms with Gasteiger partial charge in [0.25, 0.3) is 11.6 Å². The molecule has 1 aliphatic heterocycles. The SMILES string of the molecule is CC1(C)OCC(=O)N(C(=O)O)C1(c1ccc([N+](=O)[O-])cc1)c1ccc(F)c(F)c1. The third-order valence-electron chi connectivity index (χ3n) is 5.04. The van der Waals surface area contributed by atoms with Crippen LogP contribution in [0.25, 0.3) is 0 Å². The molecule has 1 atom stereocenters. The molecule has 1 aliphatic rings. The van der Waals surface area contributed by atoms with E-state index in [-0.39, 0.29) is 16.8 Å². The van der Waals surface area contributed by atoms with Gasteiger partial charge in [-0.25, -0.2) is 18.5 Å². The second-order valence-corrected chi connectivity index (χ2v) is 6.95. The molecule has 10 heteroatoms. The van der Waals surface area contributed by atoms with E-state index in [2.05, 4.69) is 0 Å². The lowest BCUT2D eigenvalue weighted by molar-refractivity contribution is -0.384. The molecule has 152 valence electrons. The fraction of sp³-hybridized carbons (Fsp3) is 0.263. The van der Waals surface area contributed by atoms with E-state index >= 15 is 0 Å². The molecule has 29 heavy (non-hydrogen) atoms. The number of benzene rings is 2. The van der Waals surface area contributed by atoms with Gasteiger partial charge in [-0.1, -0.05) is 6.07 Å². The Morgan fingerprint density at radius 2 is 1.72 bits per heavy atom. The van der Waals surface area contributed by atoms with Crippen LogP contribution in [-0.2, 0) is 15.1 Å². The average molecular weight is 406 g/mol. The minimum atomic E-state index is -1.93. The third-order valence-corrected chi connectivity index (χ3v) is 5.04. The van der Waals surface area contributed by atoms with E-state index in [1.54, 1.807) is 0 Å². The summed E-state index contributed by atoms with van der Waals surface area (Å²) in [7, 11) is 0. The topological polar surface area (TPSA) is 110 Å². The van der Waals surface area contributed by atoms with Gasteiger partial charge in [0, 0.05) is 12.1 Å². The van der Waals surface area contributed by atoms with Crippen molar-refractivity contribution in [1.82, 2.24) is 4.90 Å². The van der Waals surface area contributed by atoms with Crippen molar-refractivity contribution in [3.63, 3.8) is 0 Å². The maximum atomic E-state index is 14.1. The molecule has 1 N–H and O–H groups in total. The first-order valence-electron chi connectivity index (χ1n) is 8.43. The minimum Gasteiger partial charge on any atom is -0.465 e. The maximum absolute atomic E-state index is 14.1. The molecule has 0 aromatic heterocycles. The smallest absolute Gasteiger partial charge is 0.415 e. The normalized spacial score (nSPS) is 21.1. The predicted octanol–water partition coefficient (Wildman–Crippen LogP) is 3.43. The number of non-ortho nitro benzene ring substituents is 1. The number of ether oxygens (including phenoxy) is 1. The predicted molar refractivity (Wildman–Crippen MR) is 95.1 cm³/mol. The molecule has 1 fully saturated rings. The van der Waals surface area contributed by atoms with Gasteiger partial charge in [0.2, 0.25) is 0 Å². The summed E-state index contributed by atoms with van der Waals surface area (Å²) in [5.74, 6) is -3.32. The summed E-state index contributed by atoms with van der Waals surface area (Å²) in [6.07, 6.45) is -1.63. The maximum Gasteiger partial charge on any atom is 0.415 e. The van der Waals surface area contributed by atoms with Crippen molar-refractivity contribution in [3.8, 4) is 0 Å². The quantitative estimate of drug-likeness (QED) is 0.618. The lowest BCUT2D eigenvalue weighted by Gasteiger charge is -2.54. The van der Waals surface area contributed by atoms with Crippen molar-refractivity contribution in [2.45, 2.75) is 25.0 Å². The van der Waals surface area contributed by atoms with Crippen molar-refractivity contribution < 1.29 is 33.1 Å². The van der Waals surface area contributed by atoms with Crippen LogP contribution in [0.5, 0.6) is 0 Å². The van der Waals surface area contributed by atoms with Gasteiger partial charge in [-0.3, -0.25) is 14.9 Å². The standard InChI is InChI=1S/C19H16F2N2O6/c1-18(2)19(12-5-8-14(20)15(21)9-12,22(17(25)26)16(24)10-29-18)11-3-6-13(7-4-11)23(27)28/h3-9H,10H2,1-2H3,(H,25,26). The summed E-state index contributed by atoms with van der Waals surface area (Å²) in [4.78, 5) is 35.5. The van der Waals surface area contributed by atoms with Gasteiger partial charge in [0.05, 0.1) is 10.5 Å². The zero-order valence-corrected chi connectivity index (χ0v) is 15.4. The molecule has 8 nitrogen and oxygen atoms in total. The number of morpholine rings is 1. The van der Waals surface area contributed by atoms with Gasteiger partial charge >= 0.3 is 6.09 Å². The molecular weight excluding hydrogens is 390 g/mol. The molecule has 2 aromatic carbocycles. The number of carbonyl (C=O) groups is 2. The number of carbonyl (C=O) groups excluding carboxylic acids is 1. The molecule has 1 saturated heterocycles. The zero-order valence-electron chi connectivity index (χ0n) is 15.4. The molecule has 3 rings (SSSR count). The fourth-order valence-electron chi connectivity index (χ4n) is 3.78. The van der Waals surface area contributed by atoms with Crippen LogP contribution in [0.1, 0.15) is 25.0 Å². The Morgan fingerprint density at radius 3 is 2.24 bits per heavy atom. The molecular formula is C19H16F2N2O6. The first kappa shape index (κ1) is 20.3. The highest BCUT2D eigenvalue weighted by Crippen LogP contribution is 2.49. The molecule has 0 spiro atoms. The molecule has 0 bridgehead atoms. The number of hydrogen-bond acceptors (Lipinski definition) is 5. The minimum absolute atomic E-state index is 0.0642. The number of carboxylic acid groups (broad SMARTS) is 1. The first-order valence-corrected chi connectivity index (χ1v) is 8.43. The van der Waals surface area contributed by atoms with Crippen molar-refractivity contribution in [2.75, 3.05) is 6.61 Å². The van der Waals surface area contributed by atoms with Crippen LogP contribution in [0.2, 0.25) is 0 Å². The Morgan fingerprint density at radius 1 is 1.14 bits per heavy atom. The molecule has 1 unspecified atom stereocenters. The Labute approximate surface area is 163 Å². The van der Waals surface area contributed by atoms with Crippen LogP contribution >= 0.6 is 0 Å². The summed E-state index contributed by atoms with van der Waals surface area (Å²) >= 11 is 0. The Bertz CT molecular complexity index is 1010. The lowest BCUT2D eigenvalue weighted by atomic mass is 9.69. The van der Waals surface area contributed by atoms with E-state index in [1.165, 1.54) is 26.0 Å². The number of hydrogen-bond donors (Lipinski definition) is 1. The van der Waals surface area contributed by atoms with Crippen LogP contribution in [0.15, 0.2) is 42.5 Å². The van der Waals surface area contributed by atoms with Gasteiger partial charge in [0.1, 0.15) is 12.1 Å². The molecule has 0 saturated carbocycles. The highest BCUT2D eigenvalue weighted by molar-refractivity contribution is 5.95. The number of rotatable bonds is 3. The number of nitro groups is 1. The molecule has 0 aliphatic carbocycles. The molecule has 2 amide bonds. The molecule has 0 radical (unpaired) electrons. The van der Waals surface area contributed by atoms with Crippen molar-refractivity contribution in [3.05, 3.63) is 75.3 Å². The van der Waals surface area contributed by atoms with Crippen LogP contribution in [0.4, 0.5) is 19.3 Å². The fourth-order valence-corrected chi connectivity index (χ4v) is 3.78. The number of nitrogens with zero attached hydrogens (tertiary/aromatic N) is 2. The van der Waals surface area contributed by atoms with Gasteiger partial charge in [-0.05, 0) is 49.2 Å². The second-order valence-electron chi connectivity index (χ2n) is 6.95. The Hall–Kier alpha value is -3.40. The van der Waals surface area contributed by atoms with Gasteiger partial charge in [0.15, 0.2) is 11.6 Å². The van der Waals surface area contributed by atoms with E-state index in [0.717, 1.165) is 30.3 Å². The van der Waals surface area contributed by atoms with Crippen molar-refractivity contribution in [2.24, 2.45) is 0 Å². The summed E-state index contributed by atoms with van der Waals surface area (Å²) < 4.78 is 33.3. The number of imide groups is 1. The lowest BCUT2D eigenvalue weighted by Crippen LogP contribution is -2.68. The number of amides is 2. The van der Waals surface area contributed by atoms with E-state index in [9.17, 15) is 33.6 Å². The van der Waals surface area contributed by atoms with E-state index < -0.39 is 46.3 Å². The Balaban J connectivity index is 2.41. The van der Waals surface area contributed by atoms with E-state index in [0.29, 0.717) is 4.90 Å². The number of halogens is 2. The van der Waals surface area contributed by atoms with Crippen LogP contribution in [-0.4, -0.2) is 39.1 Å². The van der Waals surface area contributed by atoms with Crippen molar-refractivity contribution in [1.29, 1.82) is 0 Å². The van der Waals surface area contributed by atoms with E-state index in [4.69, 9.17) is 4.74 Å². The van der Waals surface area contributed by atoms with Gasteiger partial charge in [-0.2, -0.15) is 0 Å². The second kappa shape index (κ2) is 6.89. The summed E-state index contributed by atoms with van der Waals surface area (Å²) in [6, 6.07) is 7.54. The highest BCUT2D eigenvalue weighted by Gasteiger charge is 2.60. The summed E-state index contributed by atoms with van der Waals surface area (Å²) in [5, 5.41) is 20.8. The van der Waals surface area contributed by atoms with Crippen molar-refractivity contribution >= 4 is 17.7 Å². The summed E-state index contributed by atoms with van der Waals surface area (Å²) in [5.41, 5.74) is -3.57. The number of nitro benzene ring substituents is 1. The van der Waals surface area contributed by atoms with Crippen LogP contribution < -0.4 is 0 Å². The Kier molecular flexibility index (Phi) is 4.83. The average Bonchev–Trinajstić information content (AvgIpc) is 2.65. The van der Waals surface area contributed by atoms with Crippen LogP contribution in [0, 0.1) is 21.7 Å². The van der Waals surface area contributed by atoms with E-state index in [1.807, 2.05) is 0 Å². The molecule has 2 aromatic rings. The summed E-state index contributed by atoms with van der Waals surface area (Å²) in [6.45, 7) is 2.45. The van der Waals surface area contributed by atoms with Crippen LogP contribution in [0.3, 0.4) is 0 Å². The largest absolute Gasteiger partial charge is 0.465 e. The van der Waals surface area contributed by atoms with Gasteiger partial charge in [-0.15, -0.1) is 0 Å². The third kappa shape index (κ3) is 3.01. The highest BCUT2D eigenvalue weighted by atomic mass is 19.2. The van der Waals surface area contributed by atoms with Gasteiger partial charge < -0.3 is 9.84 Å². The molecule has 1 heterocycles. The zero-order chi connectivity index (χ0) is 21.6. The first-order chi connectivity index (χ1) is 13.5. The monoisotopic (exact) mass is 406 g/mol.